The molecule has 10 heteroatoms. The molecular formula is C22H27F3N6O. The summed E-state index contributed by atoms with van der Waals surface area (Å²) in [5, 5.41) is 11.5. The number of nitrogens with zero attached hydrogens (tertiary/aromatic N) is 2. The van der Waals surface area contributed by atoms with Crippen LogP contribution < -0.4 is 21.3 Å². The summed E-state index contributed by atoms with van der Waals surface area (Å²) in [5.41, 5.74) is 0.0733. The Balaban J connectivity index is 2.05. The van der Waals surface area contributed by atoms with Crippen molar-refractivity contribution in [3.63, 3.8) is 0 Å². The van der Waals surface area contributed by atoms with Crippen LogP contribution in [0.5, 0.6) is 0 Å². The number of carbonyl (C=O) groups excluding carboxylic acids is 1. The number of amides is 1. The van der Waals surface area contributed by atoms with Crippen LogP contribution in [0.1, 0.15) is 37.3 Å². The molecule has 0 spiro atoms. The normalized spacial score (nSPS) is 10.8. The summed E-state index contributed by atoms with van der Waals surface area (Å²) in [6.07, 6.45) is -0.753. The van der Waals surface area contributed by atoms with Gasteiger partial charge in [-0.05, 0) is 38.1 Å². The molecule has 32 heavy (non-hydrogen) atoms. The minimum absolute atomic E-state index is 0.0660. The Morgan fingerprint density at radius 1 is 1.22 bits per heavy atom. The lowest BCUT2D eigenvalue weighted by Gasteiger charge is -2.11. The fraction of sp³-hybridized carbons (Fsp3) is 0.409. The van der Waals surface area contributed by atoms with Gasteiger partial charge in [-0.2, -0.15) is 18.2 Å². The molecule has 1 amide bonds. The van der Waals surface area contributed by atoms with Gasteiger partial charge in [0.25, 0.3) is 0 Å². The lowest BCUT2D eigenvalue weighted by Crippen LogP contribution is -2.32. The molecule has 0 aliphatic carbocycles. The Morgan fingerprint density at radius 3 is 2.75 bits per heavy atom. The molecule has 0 atom stereocenters. The zero-order valence-electron chi connectivity index (χ0n) is 18.1. The zero-order valence-corrected chi connectivity index (χ0v) is 18.1. The van der Waals surface area contributed by atoms with E-state index in [0.29, 0.717) is 37.3 Å². The number of benzene rings is 1. The molecule has 0 unspecified atom stereocenters. The molecule has 1 aromatic carbocycles. The van der Waals surface area contributed by atoms with Gasteiger partial charge in [-0.25, -0.2) is 4.98 Å². The zero-order chi connectivity index (χ0) is 23.4. The van der Waals surface area contributed by atoms with Crippen molar-refractivity contribution in [2.24, 2.45) is 0 Å². The van der Waals surface area contributed by atoms with Gasteiger partial charge in [0.2, 0.25) is 11.9 Å². The van der Waals surface area contributed by atoms with Gasteiger partial charge in [-0.15, -0.1) is 0 Å². The van der Waals surface area contributed by atoms with Crippen molar-refractivity contribution in [3.05, 3.63) is 41.6 Å². The predicted molar refractivity (Wildman–Crippen MR) is 119 cm³/mol. The fourth-order valence-electron chi connectivity index (χ4n) is 2.60. The van der Waals surface area contributed by atoms with E-state index in [1.165, 1.54) is 18.3 Å². The fourth-order valence-corrected chi connectivity index (χ4v) is 2.60. The number of rotatable bonds is 10. The van der Waals surface area contributed by atoms with Gasteiger partial charge >= 0.3 is 6.18 Å². The second kappa shape index (κ2) is 12.5. The molecule has 0 saturated heterocycles. The summed E-state index contributed by atoms with van der Waals surface area (Å²) in [5.74, 6) is 6.66. The Kier molecular flexibility index (Phi) is 9.76. The van der Waals surface area contributed by atoms with Crippen LogP contribution in [0.4, 0.5) is 30.6 Å². The molecule has 0 fully saturated rings. The highest BCUT2D eigenvalue weighted by atomic mass is 19.4. The third-order valence-electron chi connectivity index (χ3n) is 4.14. The lowest BCUT2D eigenvalue weighted by molar-refractivity contribution is -0.137. The molecule has 7 nitrogen and oxygen atoms in total. The second-order valence-electron chi connectivity index (χ2n) is 6.87. The van der Waals surface area contributed by atoms with Crippen LogP contribution in [-0.4, -0.2) is 42.6 Å². The van der Waals surface area contributed by atoms with Gasteiger partial charge in [0.05, 0.1) is 23.9 Å². The van der Waals surface area contributed by atoms with Crippen molar-refractivity contribution in [2.45, 2.75) is 32.4 Å². The van der Waals surface area contributed by atoms with Crippen molar-refractivity contribution in [1.82, 2.24) is 20.6 Å². The summed E-state index contributed by atoms with van der Waals surface area (Å²) >= 11 is 0. The first-order valence-electron chi connectivity index (χ1n) is 10.3. The third kappa shape index (κ3) is 8.43. The number of hydrogen-bond acceptors (Lipinski definition) is 6. The molecule has 1 aromatic heterocycles. The predicted octanol–water partition coefficient (Wildman–Crippen LogP) is 3.53. The topological polar surface area (TPSA) is 91.0 Å². The van der Waals surface area contributed by atoms with Crippen molar-refractivity contribution in [1.29, 1.82) is 0 Å². The number of carbonyl (C=O) groups is 1. The highest BCUT2D eigenvalue weighted by molar-refractivity contribution is 5.77. The molecule has 2 aromatic rings. The van der Waals surface area contributed by atoms with E-state index in [4.69, 9.17) is 0 Å². The van der Waals surface area contributed by atoms with E-state index in [9.17, 15) is 18.0 Å². The Labute approximate surface area is 185 Å². The number of anilines is 3. The summed E-state index contributed by atoms with van der Waals surface area (Å²) in [6.45, 7) is 3.47. The van der Waals surface area contributed by atoms with Gasteiger partial charge in [0, 0.05) is 25.2 Å². The minimum atomic E-state index is -4.43. The molecule has 0 bridgehead atoms. The van der Waals surface area contributed by atoms with Gasteiger partial charge in [-0.3, -0.25) is 4.79 Å². The standard InChI is InChI=1S/C22H27F3N6O/c1-3-11-28-20-16(8-5-4-6-12-27-19(32)15-26-2)14-29-21(31-20)30-18-10-7-9-17(13-18)22(23,24)25/h7,9-10,13-14,26H,3-4,6,11-12,15H2,1-2H3,(H,27,32)(H2,28,29,30,31). The SMILES string of the molecule is CCCNc1nc(Nc2cccc(C(F)(F)F)c2)ncc1C#CCCCNC(=O)CNC. The molecule has 4 N–H and O–H groups in total. The third-order valence-corrected chi connectivity index (χ3v) is 4.14. The first kappa shape index (κ1) is 24.9. The van der Waals surface area contributed by atoms with Crippen LogP contribution in [-0.2, 0) is 11.0 Å². The van der Waals surface area contributed by atoms with Crippen molar-refractivity contribution >= 4 is 23.4 Å². The van der Waals surface area contributed by atoms with Gasteiger partial charge < -0.3 is 21.3 Å². The average molecular weight is 448 g/mol. The van der Waals surface area contributed by atoms with Crippen LogP contribution in [0, 0.1) is 11.8 Å². The summed E-state index contributed by atoms with van der Waals surface area (Å²) < 4.78 is 38.8. The van der Waals surface area contributed by atoms with Crippen LogP contribution in [0.2, 0.25) is 0 Å². The second-order valence-corrected chi connectivity index (χ2v) is 6.87. The van der Waals surface area contributed by atoms with Gasteiger partial charge in [-0.1, -0.05) is 24.8 Å². The maximum absolute atomic E-state index is 12.9. The Hall–Kier alpha value is -3.32. The summed E-state index contributed by atoms with van der Waals surface area (Å²) in [6, 6.07) is 4.85. The number of alkyl halides is 3. The maximum atomic E-state index is 12.9. The van der Waals surface area contributed by atoms with E-state index < -0.39 is 11.7 Å². The monoisotopic (exact) mass is 448 g/mol. The number of unbranched alkanes of at least 4 members (excludes halogenated alkanes) is 1. The summed E-state index contributed by atoms with van der Waals surface area (Å²) in [4.78, 5) is 19.9. The van der Waals surface area contributed by atoms with Crippen LogP contribution in [0.15, 0.2) is 30.5 Å². The van der Waals surface area contributed by atoms with Crippen molar-refractivity contribution < 1.29 is 18.0 Å². The highest BCUT2D eigenvalue weighted by Crippen LogP contribution is 2.31. The largest absolute Gasteiger partial charge is 0.416 e. The van der Waals surface area contributed by atoms with E-state index in [1.807, 2.05) is 6.92 Å². The minimum Gasteiger partial charge on any atom is -0.369 e. The molecular weight excluding hydrogens is 421 g/mol. The smallest absolute Gasteiger partial charge is 0.369 e. The quantitative estimate of drug-likeness (QED) is 0.328. The van der Waals surface area contributed by atoms with E-state index in [1.54, 1.807) is 7.05 Å². The highest BCUT2D eigenvalue weighted by Gasteiger charge is 2.30. The molecule has 1 heterocycles. The molecule has 0 radical (unpaired) electrons. The Morgan fingerprint density at radius 2 is 2.03 bits per heavy atom. The number of likely N-dealkylation sites (N-methyl/N-ethyl adjacent to an activating group) is 1. The molecule has 2 rings (SSSR count). The van der Waals surface area contributed by atoms with Gasteiger partial charge in [0.15, 0.2) is 0 Å². The first-order valence-corrected chi connectivity index (χ1v) is 10.3. The molecule has 0 saturated carbocycles. The number of halogens is 3. The van der Waals surface area contributed by atoms with Crippen molar-refractivity contribution in [2.75, 3.05) is 37.3 Å². The van der Waals surface area contributed by atoms with E-state index in [-0.39, 0.29) is 24.1 Å². The number of hydrogen-bond donors (Lipinski definition) is 4. The van der Waals surface area contributed by atoms with Crippen molar-refractivity contribution in [3.8, 4) is 11.8 Å². The maximum Gasteiger partial charge on any atom is 0.416 e. The molecule has 0 aliphatic heterocycles. The lowest BCUT2D eigenvalue weighted by atomic mass is 10.2. The van der Waals surface area contributed by atoms with E-state index >= 15 is 0 Å². The van der Waals surface area contributed by atoms with Gasteiger partial charge in [0.1, 0.15) is 5.82 Å². The summed E-state index contributed by atoms with van der Waals surface area (Å²) in [7, 11) is 1.71. The van der Waals surface area contributed by atoms with Crippen LogP contribution in [0.25, 0.3) is 0 Å². The number of aromatic nitrogens is 2. The van der Waals surface area contributed by atoms with Crippen LogP contribution >= 0.6 is 0 Å². The van der Waals surface area contributed by atoms with E-state index in [2.05, 4.69) is 43.1 Å². The Bertz CT molecular complexity index is 953. The first-order chi connectivity index (χ1) is 15.3. The molecule has 0 aliphatic rings. The van der Waals surface area contributed by atoms with Crippen LogP contribution in [0.3, 0.4) is 0 Å². The number of nitrogens with one attached hydrogen (secondary N) is 4. The molecule has 172 valence electrons. The van der Waals surface area contributed by atoms with E-state index in [0.717, 1.165) is 18.6 Å². The average Bonchev–Trinajstić information content (AvgIpc) is 2.75.